The van der Waals surface area contributed by atoms with Crippen LogP contribution in [0.25, 0.3) is 10.9 Å². The molecule has 1 aromatic heterocycles. The van der Waals surface area contributed by atoms with E-state index in [0.717, 1.165) is 19.3 Å². The van der Waals surface area contributed by atoms with Crippen molar-refractivity contribution in [2.45, 2.75) is 25.7 Å². The summed E-state index contributed by atoms with van der Waals surface area (Å²) in [6.07, 6.45) is 4.39. The van der Waals surface area contributed by atoms with E-state index >= 15 is 0 Å². The molecule has 1 atom stereocenters. The van der Waals surface area contributed by atoms with Crippen LogP contribution in [0, 0.1) is 11.7 Å². The van der Waals surface area contributed by atoms with Crippen LogP contribution in [0.4, 0.5) is 4.39 Å². The molecule has 2 N–H and O–H groups in total. The third-order valence-corrected chi connectivity index (χ3v) is 4.57. The molecule has 0 saturated carbocycles. The van der Waals surface area contributed by atoms with Gasteiger partial charge in [0.25, 0.3) is 5.91 Å². The molecule has 1 aromatic carbocycles. The van der Waals surface area contributed by atoms with Gasteiger partial charge in [0.1, 0.15) is 5.82 Å². The van der Waals surface area contributed by atoms with Gasteiger partial charge >= 0.3 is 0 Å². The smallest absolute Gasteiger partial charge is 0.256 e. The second kappa shape index (κ2) is 6.95. The van der Waals surface area contributed by atoms with Gasteiger partial charge in [-0.3, -0.25) is 14.6 Å². The minimum atomic E-state index is -0.382. The number of likely N-dealkylation sites (tertiary alicyclic amines) is 1. The highest BCUT2D eigenvalue weighted by Crippen LogP contribution is 2.24. The normalized spacial score (nSPS) is 18.4. The lowest BCUT2D eigenvalue weighted by atomic mass is 9.97. The molecule has 1 aliphatic heterocycles. The van der Waals surface area contributed by atoms with Crippen molar-refractivity contribution in [2.75, 3.05) is 13.1 Å². The van der Waals surface area contributed by atoms with E-state index in [1.54, 1.807) is 23.2 Å². The zero-order valence-electron chi connectivity index (χ0n) is 13.4. The number of benzene rings is 1. The van der Waals surface area contributed by atoms with E-state index in [4.69, 9.17) is 5.73 Å². The van der Waals surface area contributed by atoms with Crippen molar-refractivity contribution in [1.82, 2.24) is 9.88 Å². The first kappa shape index (κ1) is 16.4. The van der Waals surface area contributed by atoms with Crippen molar-refractivity contribution in [1.29, 1.82) is 0 Å². The molecule has 0 bridgehead atoms. The summed E-state index contributed by atoms with van der Waals surface area (Å²) in [6.45, 7) is 1.20. The number of nitrogens with two attached hydrogens (primary N) is 1. The number of carbonyl (C=O) groups is 2. The molecular weight excluding hydrogens is 309 g/mol. The van der Waals surface area contributed by atoms with Gasteiger partial charge in [-0.05, 0) is 49.4 Å². The van der Waals surface area contributed by atoms with Crippen LogP contribution in [0.2, 0.25) is 0 Å². The topological polar surface area (TPSA) is 76.3 Å². The van der Waals surface area contributed by atoms with Crippen molar-refractivity contribution in [2.24, 2.45) is 11.7 Å². The summed E-state index contributed by atoms with van der Waals surface area (Å²) in [5, 5.41) is 0.352. The van der Waals surface area contributed by atoms with Gasteiger partial charge in [0.05, 0.1) is 11.1 Å². The Balaban J connectivity index is 1.82. The van der Waals surface area contributed by atoms with Crippen molar-refractivity contribution in [3.05, 3.63) is 41.8 Å². The summed E-state index contributed by atoms with van der Waals surface area (Å²) in [5.41, 5.74) is 6.08. The summed E-state index contributed by atoms with van der Waals surface area (Å²) in [5.74, 6) is -0.595. The first-order chi connectivity index (χ1) is 11.6. The van der Waals surface area contributed by atoms with Crippen LogP contribution in [-0.2, 0) is 4.79 Å². The number of amides is 2. The lowest BCUT2D eigenvalue weighted by molar-refractivity contribution is -0.119. The second-order valence-electron chi connectivity index (χ2n) is 6.25. The van der Waals surface area contributed by atoms with E-state index in [-0.39, 0.29) is 23.5 Å². The predicted molar refractivity (Wildman–Crippen MR) is 88.8 cm³/mol. The third-order valence-electron chi connectivity index (χ3n) is 4.57. The molecule has 1 unspecified atom stereocenters. The van der Waals surface area contributed by atoms with Gasteiger partial charge in [-0.2, -0.15) is 0 Å². The molecule has 0 spiro atoms. The Morgan fingerprint density at radius 3 is 2.88 bits per heavy atom. The number of hydrogen-bond acceptors (Lipinski definition) is 3. The van der Waals surface area contributed by atoms with Crippen LogP contribution >= 0.6 is 0 Å². The van der Waals surface area contributed by atoms with Crippen molar-refractivity contribution in [3.63, 3.8) is 0 Å². The van der Waals surface area contributed by atoms with Gasteiger partial charge in [0, 0.05) is 31.1 Å². The first-order valence-corrected chi connectivity index (χ1v) is 8.17. The molecular formula is C18H20FN3O2. The highest BCUT2D eigenvalue weighted by Gasteiger charge is 2.24. The van der Waals surface area contributed by atoms with Gasteiger partial charge in [0.2, 0.25) is 5.91 Å². The molecule has 6 heteroatoms. The molecule has 1 saturated heterocycles. The summed E-state index contributed by atoms with van der Waals surface area (Å²) >= 11 is 0. The number of primary amides is 1. The average molecular weight is 329 g/mol. The lowest BCUT2D eigenvalue weighted by Gasteiger charge is -2.21. The Labute approximate surface area is 139 Å². The van der Waals surface area contributed by atoms with E-state index < -0.39 is 0 Å². The molecule has 2 aromatic rings. The molecule has 3 rings (SSSR count). The fraction of sp³-hybridized carbons (Fsp3) is 0.389. The number of rotatable bonds is 3. The summed E-state index contributed by atoms with van der Waals surface area (Å²) < 4.78 is 13.9. The first-order valence-electron chi connectivity index (χ1n) is 8.17. The fourth-order valence-corrected chi connectivity index (χ4v) is 3.34. The summed E-state index contributed by atoms with van der Waals surface area (Å²) in [7, 11) is 0. The highest BCUT2D eigenvalue weighted by atomic mass is 19.1. The molecule has 1 aliphatic rings. The maximum Gasteiger partial charge on any atom is 0.256 e. The number of aromatic nitrogens is 1. The summed E-state index contributed by atoms with van der Waals surface area (Å²) in [6, 6.07) is 6.09. The van der Waals surface area contributed by atoms with Crippen LogP contribution in [0.3, 0.4) is 0 Å². The Morgan fingerprint density at radius 1 is 1.25 bits per heavy atom. The molecule has 1 fully saturated rings. The van der Waals surface area contributed by atoms with Crippen LogP contribution < -0.4 is 5.73 Å². The van der Waals surface area contributed by atoms with Crippen LogP contribution in [-0.4, -0.2) is 34.8 Å². The molecule has 24 heavy (non-hydrogen) atoms. The third kappa shape index (κ3) is 3.37. The maximum absolute atomic E-state index is 13.9. The minimum Gasteiger partial charge on any atom is -0.370 e. The molecule has 5 nitrogen and oxygen atoms in total. The number of nitrogens with zero attached hydrogens (tertiary/aromatic N) is 2. The molecule has 0 radical (unpaired) electrons. The van der Waals surface area contributed by atoms with Gasteiger partial charge < -0.3 is 10.6 Å². The number of fused-ring (bicyclic) bond motifs is 1. The minimum absolute atomic E-state index is 0.140. The zero-order chi connectivity index (χ0) is 17.1. The quantitative estimate of drug-likeness (QED) is 0.940. The molecule has 0 aliphatic carbocycles. The average Bonchev–Trinajstić information content (AvgIpc) is 2.80. The van der Waals surface area contributed by atoms with Crippen molar-refractivity contribution in [3.8, 4) is 0 Å². The zero-order valence-corrected chi connectivity index (χ0v) is 13.4. The van der Waals surface area contributed by atoms with E-state index in [1.807, 2.05) is 0 Å². The Bertz CT molecular complexity index is 778. The summed E-state index contributed by atoms with van der Waals surface area (Å²) in [4.78, 5) is 29.9. The second-order valence-corrected chi connectivity index (χ2v) is 6.25. The Hall–Kier alpha value is -2.50. The standard InChI is InChI=1S/C18H20FN3O2/c19-15-6-5-14(17-13(15)4-1-8-21-17)18(24)22-9-2-3-12(7-10-22)11-16(20)23/h1,4-6,8,12H,2-3,7,9-11H2,(H2,20,23). The number of halogens is 1. The van der Waals surface area contributed by atoms with Crippen LogP contribution in [0.15, 0.2) is 30.5 Å². The van der Waals surface area contributed by atoms with Crippen molar-refractivity contribution < 1.29 is 14.0 Å². The van der Waals surface area contributed by atoms with Gasteiger partial charge in [-0.15, -0.1) is 0 Å². The van der Waals surface area contributed by atoms with Gasteiger partial charge in [0.15, 0.2) is 0 Å². The lowest BCUT2D eigenvalue weighted by Crippen LogP contribution is -2.32. The van der Waals surface area contributed by atoms with Crippen molar-refractivity contribution >= 4 is 22.7 Å². The van der Waals surface area contributed by atoms with Gasteiger partial charge in [-0.25, -0.2) is 4.39 Å². The highest BCUT2D eigenvalue weighted by molar-refractivity contribution is 6.05. The van der Waals surface area contributed by atoms with E-state index in [0.29, 0.717) is 36.0 Å². The SMILES string of the molecule is NC(=O)CC1CCCN(C(=O)c2ccc(F)c3cccnc23)CC1. The van der Waals surface area contributed by atoms with E-state index in [2.05, 4.69) is 4.98 Å². The number of hydrogen-bond donors (Lipinski definition) is 1. The van der Waals surface area contributed by atoms with Crippen LogP contribution in [0.5, 0.6) is 0 Å². The molecule has 126 valence electrons. The predicted octanol–water partition coefficient (Wildman–Crippen LogP) is 2.49. The Morgan fingerprint density at radius 2 is 2.08 bits per heavy atom. The van der Waals surface area contributed by atoms with Crippen LogP contribution in [0.1, 0.15) is 36.0 Å². The van der Waals surface area contributed by atoms with Gasteiger partial charge in [-0.1, -0.05) is 0 Å². The number of carbonyl (C=O) groups excluding carboxylic acids is 2. The maximum atomic E-state index is 13.9. The largest absolute Gasteiger partial charge is 0.370 e. The van der Waals surface area contributed by atoms with E-state index in [1.165, 1.54) is 12.1 Å². The van der Waals surface area contributed by atoms with E-state index in [9.17, 15) is 14.0 Å². The Kier molecular flexibility index (Phi) is 4.74. The molecule has 2 heterocycles. The molecule has 2 amide bonds. The monoisotopic (exact) mass is 329 g/mol. The number of pyridine rings is 1. The fourth-order valence-electron chi connectivity index (χ4n) is 3.34.